The molecular weight excluding hydrogens is 260 g/mol. The Kier molecular flexibility index (Phi) is 3.90. The second kappa shape index (κ2) is 5.45. The molecule has 1 N–H and O–H groups in total. The topological polar surface area (TPSA) is 46.5 Å². The van der Waals surface area contributed by atoms with Crippen LogP contribution in [0, 0.1) is 0 Å². The number of rotatable bonds is 4. The number of aromatic hydroxyl groups is 1. The van der Waals surface area contributed by atoms with Gasteiger partial charge in [0.1, 0.15) is 16.4 Å². The quantitative estimate of drug-likeness (QED) is 0.864. The van der Waals surface area contributed by atoms with Gasteiger partial charge in [-0.25, -0.2) is 0 Å². The fraction of sp³-hybridized carbons (Fsp3) is 0.267. The molecule has 100 valence electrons. The molecule has 1 aromatic heterocycles. The van der Waals surface area contributed by atoms with Gasteiger partial charge in [-0.15, -0.1) is 11.3 Å². The maximum Gasteiger partial charge on any atom is 0.206 e. The van der Waals surface area contributed by atoms with E-state index in [0.29, 0.717) is 22.1 Å². The van der Waals surface area contributed by atoms with Crippen molar-refractivity contribution in [1.29, 1.82) is 0 Å². The van der Waals surface area contributed by atoms with E-state index in [4.69, 9.17) is 4.74 Å². The predicted molar refractivity (Wildman–Crippen MR) is 76.5 cm³/mol. The molecule has 2 rings (SSSR count). The van der Waals surface area contributed by atoms with Gasteiger partial charge in [0, 0.05) is 10.4 Å². The minimum atomic E-state index is -0.156. The lowest BCUT2D eigenvalue weighted by Gasteiger charge is -2.02. The zero-order chi connectivity index (χ0) is 14.0. The summed E-state index contributed by atoms with van der Waals surface area (Å²) in [5, 5.41) is 9.88. The van der Waals surface area contributed by atoms with Crippen LogP contribution < -0.4 is 4.74 Å². The molecule has 0 saturated carbocycles. The number of ketones is 1. The summed E-state index contributed by atoms with van der Waals surface area (Å²) in [6.45, 7) is 4.07. The maximum atomic E-state index is 12.3. The number of ether oxygens (including phenoxy) is 1. The van der Waals surface area contributed by atoms with Crippen LogP contribution in [0.2, 0.25) is 0 Å². The summed E-state index contributed by atoms with van der Waals surface area (Å²) in [5.74, 6) is 0.912. The van der Waals surface area contributed by atoms with Crippen LogP contribution in [0.3, 0.4) is 0 Å². The van der Waals surface area contributed by atoms with Crippen LogP contribution in [-0.2, 0) is 0 Å². The van der Waals surface area contributed by atoms with Gasteiger partial charge < -0.3 is 9.84 Å². The smallest absolute Gasteiger partial charge is 0.206 e. The van der Waals surface area contributed by atoms with Gasteiger partial charge in [0.15, 0.2) is 0 Å². The summed E-state index contributed by atoms with van der Waals surface area (Å²) in [5.41, 5.74) is 0.549. The van der Waals surface area contributed by atoms with Crippen molar-refractivity contribution < 1.29 is 14.6 Å². The van der Waals surface area contributed by atoms with Crippen LogP contribution in [0.5, 0.6) is 11.5 Å². The predicted octanol–water partition coefficient (Wildman–Crippen LogP) is 3.82. The number of carbonyl (C=O) groups excluding carboxylic acids is 1. The van der Waals surface area contributed by atoms with E-state index in [1.54, 1.807) is 37.4 Å². The van der Waals surface area contributed by atoms with Crippen molar-refractivity contribution >= 4 is 17.1 Å². The molecule has 19 heavy (non-hydrogen) atoms. The van der Waals surface area contributed by atoms with E-state index < -0.39 is 0 Å². The lowest BCUT2D eigenvalue weighted by Crippen LogP contribution is -1.98. The highest BCUT2D eigenvalue weighted by Gasteiger charge is 2.18. The molecule has 4 heteroatoms. The Bertz CT molecular complexity index is 582. The molecule has 0 atom stereocenters. The molecule has 0 spiro atoms. The maximum absolute atomic E-state index is 12.3. The van der Waals surface area contributed by atoms with Crippen molar-refractivity contribution in [3.8, 4) is 11.5 Å². The lowest BCUT2D eigenvalue weighted by molar-refractivity contribution is 0.104. The first-order chi connectivity index (χ1) is 9.02. The Morgan fingerprint density at radius 1 is 1.26 bits per heavy atom. The van der Waals surface area contributed by atoms with Gasteiger partial charge in [-0.1, -0.05) is 13.8 Å². The summed E-state index contributed by atoms with van der Waals surface area (Å²) < 4.78 is 5.06. The van der Waals surface area contributed by atoms with E-state index in [-0.39, 0.29) is 11.5 Å². The average molecular weight is 276 g/mol. The minimum Gasteiger partial charge on any atom is -0.506 e. The molecule has 0 unspecified atom stereocenters. The monoisotopic (exact) mass is 276 g/mol. The molecular formula is C15H16O3S. The summed E-state index contributed by atoms with van der Waals surface area (Å²) in [7, 11) is 1.58. The van der Waals surface area contributed by atoms with E-state index in [9.17, 15) is 9.90 Å². The molecule has 3 nitrogen and oxygen atoms in total. The van der Waals surface area contributed by atoms with Gasteiger partial charge in [-0.2, -0.15) is 0 Å². The highest BCUT2D eigenvalue weighted by atomic mass is 32.1. The first-order valence-electron chi connectivity index (χ1n) is 6.04. The molecule has 0 saturated heterocycles. The zero-order valence-electron chi connectivity index (χ0n) is 11.1. The number of methoxy groups -OCH3 is 1. The fourth-order valence-corrected chi connectivity index (χ4v) is 2.74. The summed E-state index contributed by atoms with van der Waals surface area (Å²) in [6, 6.07) is 8.55. The second-order valence-electron chi connectivity index (χ2n) is 4.58. The van der Waals surface area contributed by atoms with Crippen molar-refractivity contribution in [3.63, 3.8) is 0 Å². The van der Waals surface area contributed by atoms with Gasteiger partial charge in [-0.05, 0) is 36.2 Å². The Balaban J connectivity index is 2.32. The molecule has 0 radical (unpaired) electrons. The molecule has 1 aromatic carbocycles. The SMILES string of the molecule is COc1ccc(C(=O)c2sc(C(C)C)cc2O)cc1. The first kappa shape index (κ1) is 13.6. The Labute approximate surface area is 116 Å². The number of benzene rings is 1. The van der Waals surface area contributed by atoms with Crippen LogP contribution in [0.4, 0.5) is 0 Å². The van der Waals surface area contributed by atoms with Crippen molar-refractivity contribution in [2.45, 2.75) is 19.8 Å². The third-order valence-corrected chi connectivity index (χ3v) is 4.28. The molecule has 0 aliphatic heterocycles. The average Bonchev–Trinajstić information content (AvgIpc) is 2.80. The van der Waals surface area contributed by atoms with Crippen molar-refractivity contribution in [2.75, 3.05) is 7.11 Å². The van der Waals surface area contributed by atoms with E-state index >= 15 is 0 Å². The van der Waals surface area contributed by atoms with E-state index in [2.05, 4.69) is 0 Å². The van der Waals surface area contributed by atoms with Crippen molar-refractivity contribution in [2.24, 2.45) is 0 Å². The van der Waals surface area contributed by atoms with Crippen LogP contribution in [0.1, 0.15) is 39.9 Å². The van der Waals surface area contributed by atoms with E-state index in [1.807, 2.05) is 13.8 Å². The molecule has 1 heterocycles. The standard InChI is InChI=1S/C15H16O3S/c1-9(2)13-8-12(16)15(19-13)14(17)10-4-6-11(18-3)7-5-10/h4-9,16H,1-3H3. The van der Waals surface area contributed by atoms with Crippen LogP contribution >= 0.6 is 11.3 Å². The van der Waals surface area contributed by atoms with Crippen molar-refractivity contribution in [1.82, 2.24) is 0 Å². The van der Waals surface area contributed by atoms with Crippen LogP contribution in [0.15, 0.2) is 30.3 Å². The number of thiophene rings is 1. The highest BCUT2D eigenvalue weighted by Crippen LogP contribution is 2.34. The summed E-state index contributed by atoms with van der Waals surface area (Å²) in [6.07, 6.45) is 0. The number of hydrogen-bond donors (Lipinski definition) is 1. The van der Waals surface area contributed by atoms with Gasteiger partial charge in [0.25, 0.3) is 0 Å². The molecule has 0 fully saturated rings. The minimum absolute atomic E-state index is 0.0644. The number of hydrogen-bond acceptors (Lipinski definition) is 4. The zero-order valence-corrected chi connectivity index (χ0v) is 12.0. The normalized spacial score (nSPS) is 10.7. The fourth-order valence-electron chi connectivity index (χ4n) is 1.72. The Morgan fingerprint density at radius 2 is 1.89 bits per heavy atom. The van der Waals surface area contributed by atoms with Gasteiger partial charge in [0.05, 0.1) is 7.11 Å². The lowest BCUT2D eigenvalue weighted by atomic mass is 10.1. The Hall–Kier alpha value is -1.81. The van der Waals surface area contributed by atoms with E-state index in [1.165, 1.54) is 11.3 Å². The highest BCUT2D eigenvalue weighted by molar-refractivity contribution is 7.14. The third kappa shape index (κ3) is 2.79. The summed E-state index contributed by atoms with van der Waals surface area (Å²) >= 11 is 1.35. The van der Waals surface area contributed by atoms with Crippen LogP contribution in [0.25, 0.3) is 0 Å². The second-order valence-corrected chi connectivity index (χ2v) is 5.66. The summed E-state index contributed by atoms with van der Waals surface area (Å²) in [4.78, 5) is 13.7. The van der Waals surface area contributed by atoms with Gasteiger partial charge in [-0.3, -0.25) is 4.79 Å². The largest absolute Gasteiger partial charge is 0.506 e. The first-order valence-corrected chi connectivity index (χ1v) is 6.86. The number of carbonyl (C=O) groups is 1. The van der Waals surface area contributed by atoms with Crippen molar-refractivity contribution in [3.05, 3.63) is 45.6 Å². The molecule has 0 bridgehead atoms. The van der Waals surface area contributed by atoms with E-state index in [0.717, 1.165) is 4.88 Å². The van der Waals surface area contributed by atoms with Gasteiger partial charge in [0.2, 0.25) is 5.78 Å². The Morgan fingerprint density at radius 3 is 2.37 bits per heavy atom. The molecule has 0 aliphatic carbocycles. The molecule has 2 aromatic rings. The van der Waals surface area contributed by atoms with Crippen LogP contribution in [-0.4, -0.2) is 18.0 Å². The molecule has 0 amide bonds. The third-order valence-electron chi connectivity index (χ3n) is 2.86. The van der Waals surface area contributed by atoms with Gasteiger partial charge >= 0.3 is 0 Å². The molecule has 0 aliphatic rings.